The summed E-state index contributed by atoms with van der Waals surface area (Å²) in [4.78, 5) is 43.6. The summed E-state index contributed by atoms with van der Waals surface area (Å²) in [6, 6.07) is 9.25. The van der Waals surface area contributed by atoms with Crippen molar-refractivity contribution in [1.29, 1.82) is 0 Å². The van der Waals surface area contributed by atoms with Crippen molar-refractivity contribution in [3.8, 4) is 0 Å². The number of likely N-dealkylation sites (tertiary alicyclic amines) is 1. The summed E-state index contributed by atoms with van der Waals surface area (Å²) < 4.78 is 4.85. The monoisotopic (exact) mass is 445 g/mol. The second-order valence-electron chi connectivity index (χ2n) is 7.14. The molecular weight excluding hydrogens is 426 g/mol. The van der Waals surface area contributed by atoms with E-state index in [1.807, 2.05) is 39.8 Å². The highest BCUT2D eigenvalue weighted by molar-refractivity contribution is 9.10. The minimum absolute atomic E-state index is 0.0268. The lowest BCUT2D eigenvalue weighted by Gasteiger charge is -2.17. The van der Waals surface area contributed by atoms with E-state index in [9.17, 15) is 14.4 Å². The Morgan fingerprint density at radius 3 is 2.61 bits per heavy atom. The molecule has 1 atom stereocenters. The summed E-state index contributed by atoms with van der Waals surface area (Å²) in [5, 5.41) is 0. The number of hydrogen-bond donors (Lipinski definition) is 0. The number of fused-ring (bicyclic) bond motifs is 1. The van der Waals surface area contributed by atoms with Crippen LogP contribution in [0.3, 0.4) is 0 Å². The molecule has 146 valence electrons. The van der Waals surface area contributed by atoms with E-state index >= 15 is 0 Å². The molecule has 0 N–H and O–H groups in total. The van der Waals surface area contributed by atoms with Gasteiger partial charge < -0.3 is 9.47 Å². The fraction of sp³-hybridized carbons (Fsp3) is 0.368. The summed E-state index contributed by atoms with van der Waals surface area (Å²) in [6.45, 7) is 1.87. The molecule has 1 aliphatic rings. The first-order valence-corrected chi connectivity index (χ1v) is 9.84. The Morgan fingerprint density at radius 1 is 1.18 bits per heavy atom. The Morgan fingerprint density at radius 2 is 1.89 bits per heavy atom. The fourth-order valence-corrected chi connectivity index (χ4v) is 4.30. The number of imidazole rings is 1. The van der Waals surface area contributed by atoms with Gasteiger partial charge in [0.1, 0.15) is 0 Å². The highest BCUT2D eigenvalue weighted by atomic mass is 79.9. The summed E-state index contributed by atoms with van der Waals surface area (Å²) in [5.74, 6) is 0.236. The lowest BCUT2D eigenvalue weighted by atomic mass is 10.1. The Labute approximate surface area is 169 Å². The molecule has 4 rings (SSSR count). The van der Waals surface area contributed by atoms with Crippen molar-refractivity contribution in [2.75, 3.05) is 13.1 Å². The maximum Gasteiger partial charge on any atom is 0.332 e. The van der Waals surface area contributed by atoms with Crippen molar-refractivity contribution in [3.05, 3.63) is 61.5 Å². The normalized spacial score (nSPS) is 16.8. The Balaban J connectivity index is 1.62. The maximum atomic E-state index is 12.7. The SMILES string of the molecule is Cn1c(=O)c2nc(Br)n(C[C@@H]3CCN(C(=O)c4ccccc4)C3)c2n(C)c1=O. The van der Waals surface area contributed by atoms with Gasteiger partial charge in [-0.25, -0.2) is 9.78 Å². The molecule has 2 aromatic heterocycles. The molecule has 3 heterocycles. The lowest BCUT2D eigenvalue weighted by molar-refractivity contribution is 0.0786. The topological polar surface area (TPSA) is 82.1 Å². The third kappa shape index (κ3) is 2.99. The van der Waals surface area contributed by atoms with Crippen molar-refractivity contribution >= 4 is 33.0 Å². The van der Waals surface area contributed by atoms with Gasteiger partial charge in [-0.15, -0.1) is 0 Å². The first kappa shape index (κ1) is 18.7. The van der Waals surface area contributed by atoms with Gasteiger partial charge in [0.05, 0.1) is 0 Å². The van der Waals surface area contributed by atoms with Crippen LogP contribution >= 0.6 is 15.9 Å². The van der Waals surface area contributed by atoms with Gasteiger partial charge in [-0.1, -0.05) is 18.2 Å². The van der Waals surface area contributed by atoms with E-state index in [1.54, 1.807) is 7.05 Å². The van der Waals surface area contributed by atoms with Crippen LogP contribution in [0.4, 0.5) is 0 Å². The van der Waals surface area contributed by atoms with Crippen LogP contribution in [0.25, 0.3) is 11.2 Å². The van der Waals surface area contributed by atoms with E-state index in [1.165, 1.54) is 11.6 Å². The first-order valence-electron chi connectivity index (χ1n) is 9.04. The van der Waals surface area contributed by atoms with E-state index in [0.29, 0.717) is 35.6 Å². The van der Waals surface area contributed by atoms with Crippen LogP contribution in [0, 0.1) is 5.92 Å². The van der Waals surface area contributed by atoms with Gasteiger partial charge in [-0.05, 0) is 40.4 Å². The van der Waals surface area contributed by atoms with Crippen LogP contribution < -0.4 is 11.2 Å². The van der Waals surface area contributed by atoms with E-state index < -0.39 is 11.2 Å². The van der Waals surface area contributed by atoms with E-state index in [0.717, 1.165) is 11.0 Å². The molecule has 1 aliphatic heterocycles. The van der Waals surface area contributed by atoms with Gasteiger partial charge in [0.2, 0.25) is 0 Å². The minimum Gasteiger partial charge on any atom is -0.338 e. The summed E-state index contributed by atoms with van der Waals surface area (Å²) >= 11 is 3.42. The van der Waals surface area contributed by atoms with Gasteiger partial charge >= 0.3 is 5.69 Å². The average molecular weight is 446 g/mol. The molecule has 0 radical (unpaired) electrons. The van der Waals surface area contributed by atoms with Gasteiger partial charge in [0.25, 0.3) is 11.5 Å². The van der Waals surface area contributed by atoms with Crippen molar-refractivity contribution < 1.29 is 4.79 Å². The maximum absolute atomic E-state index is 12.7. The largest absolute Gasteiger partial charge is 0.338 e. The van der Waals surface area contributed by atoms with Gasteiger partial charge in [0.15, 0.2) is 15.9 Å². The van der Waals surface area contributed by atoms with Crippen LogP contribution in [-0.2, 0) is 20.6 Å². The molecule has 1 amide bonds. The number of carbonyl (C=O) groups is 1. The molecule has 9 heteroatoms. The Bertz CT molecular complexity index is 1180. The lowest BCUT2D eigenvalue weighted by Crippen LogP contribution is -2.37. The predicted molar refractivity (Wildman–Crippen MR) is 108 cm³/mol. The minimum atomic E-state index is -0.412. The molecule has 0 unspecified atom stereocenters. The van der Waals surface area contributed by atoms with Gasteiger partial charge in [-0.2, -0.15) is 0 Å². The van der Waals surface area contributed by atoms with Crippen LogP contribution in [0.1, 0.15) is 16.8 Å². The highest BCUT2D eigenvalue weighted by Gasteiger charge is 2.29. The Kier molecular flexibility index (Phi) is 4.70. The molecule has 0 saturated carbocycles. The second-order valence-corrected chi connectivity index (χ2v) is 7.85. The summed E-state index contributed by atoms with van der Waals surface area (Å²) in [7, 11) is 3.08. The molecule has 1 aromatic carbocycles. The van der Waals surface area contributed by atoms with E-state index in [-0.39, 0.29) is 17.3 Å². The van der Waals surface area contributed by atoms with Crippen molar-refractivity contribution in [1.82, 2.24) is 23.6 Å². The number of benzene rings is 1. The number of halogens is 1. The fourth-order valence-electron chi connectivity index (χ4n) is 3.81. The van der Waals surface area contributed by atoms with Gasteiger partial charge in [-0.3, -0.25) is 18.7 Å². The first-order chi connectivity index (χ1) is 13.4. The average Bonchev–Trinajstić information content (AvgIpc) is 3.30. The van der Waals surface area contributed by atoms with Crippen LogP contribution in [-0.4, -0.2) is 42.6 Å². The van der Waals surface area contributed by atoms with Crippen molar-refractivity contribution in [2.24, 2.45) is 20.0 Å². The van der Waals surface area contributed by atoms with E-state index in [4.69, 9.17) is 0 Å². The van der Waals surface area contributed by atoms with Gasteiger partial charge in [0, 0.05) is 39.3 Å². The number of aromatic nitrogens is 4. The number of carbonyl (C=O) groups excluding carboxylic acids is 1. The number of amides is 1. The number of aryl methyl sites for hydroxylation is 1. The zero-order chi connectivity index (χ0) is 20.0. The standard InChI is InChI=1S/C19H20BrN5O3/c1-22-15-14(17(27)23(2)19(22)28)21-18(20)25(15)11-12-8-9-24(10-12)16(26)13-6-4-3-5-7-13/h3-7,12H,8-11H2,1-2H3/t12-/m1/s1. The van der Waals surface area contributed by atoms with Crippen LogP contribution in [0.15, 0.2) is 44.7 Å². The third-order valence-electron chi connectivity index (χ3n) is 5.33. The molecule has 8 nitrogen and oxygen atoms in total. The van der Waals surface area contributed by atoms with Crippen LogP contribution in [0.5, 0.6) is 0 Å². The molecule has 0 aliphatic carbocycles. The molecule has 1 saturated heterocycles. The van der Waals surface area contributed by atoms with E-state index in [2.05, 4.69) is 20.9 Å². The molecule has 28 heavy (non-hydrogen) atoms. The predicted octanol–water partition coefficient (Wildman–Crippen LogP) is 1.36. The van der Waals surface area contributed by atoms with Crippen molar-refractivity contribution in [2.45, 2.75) is 13.0 Å². The number of rotatable bonds is 3. The number of nitrogens with zero attached hydrogens (tertiary/aromatic N) is 5. The molecule has 1 fully saturated rings. The third-order valence-corrected chi connectivity index (χ3v) is 5.93. The zero-order valence-corrected chi connectivity index (χ0v) is 17.2. The van der Waals surface area contributed by atoms with Crippen LogP contribution in [0.2, 0.25) is 0 Å². The number of hydrogen-bond acceptors (Lipinski definition) is 4. The zero-order valence-electron chi connectivity index (χ0n) is 15.6. The summed E-state index contributed by atoms with van der Waals surface area (Å²) in [5.41, 5.74) is 0.631. The smallest absolute Gasteiger partial charge is 0.332 e. The summed E-state index contributed by atoms with van der Waals surface area (Å²) in [6.07, 6.45) is 0.851. The Hall–Kier alpha value is -2.68. The molecular formula is C19H20BrN5O3. The van der Waals surface area contributed by atoms with Crippen molar-refractivity contribution in [3.63, 3.8) is 0 Å². The molecule has 3 aromatic rings. The highest BCUT2D eigenvalue weighted by Crippen LogP contribution is 2.24. The second kappa shape index (κ2) is 7.05. The quantitative estimate of drug-likeness (QED) is 0.569. The molecule has 0 bridgehead atoms. The molecule has 0 spiro atoms.